The molecule has 2 N–H and O–H groups in total. The van der Waals surface area contributed by atoms with Gasteiger partial charge in [-0.05, 0) is 37.8 Å². The summed E-state index contributed by atoms with van der Waals surface area (Å²) >= 11 is 0. The van der Waals surface area contributed by atoms with E-state index in [0.717, 1.165) is 64.7 Å². The third-order valence-corrected chi connectivity index (χ3v) is 7.54. The lowest BCUT2D eigenvalue weighted by molar-refractivity contribution is 0.0389. The Kier molecular flexibility index (Phi) is 11.5. The van der Waals surface area contributed by atoms with Gasteiger partial charge in [0, 0.05) is 52.4 Å². The first-order valence-electron chi connectivity index (χ1n) is 11.0. The summed E-state index contributed by atoms with van der Waals surface area (Å²) < 4.78 is 32.5. The van der Waals surface area contributed by atoms with Gasteiger partial charge >= 0.3 is 0 Å². The van der Waals surface area contributed by atoms with Crippen molar-refractivity contribution >= 4 is 40.0 Å². The highest BCUT2D eigenvalue weighted by Crippen LogP contribution is 2.23. The molecule has 0 aliphatic carbocycles. The van der Waals surface area contributed by atoms with Crippen LogP contribution in [0.15, 0.2) is 40.2 Å². The van der Waals surface area contributed by atoms with Gasteiger partial charge in [-0.1, -0.05) is 18.2 Å². The molecule has 10 heteroatoms. The van der Waals surface area contributed by atoms with Gasteiger partial charge in [0.1, 0.15) is 0 Å². The first kappa shape index (κ1) is 26.3. The van der Waals surface area contributed by atoms with Gasteiger partial charge in [0.15, 0.2) is 5.96 Å². The summed E-state index contributed by atoms with van der Waals surface area (Å²) in [6.07, 6.45) is 1.67. The van der Waals surface area contributed by atoms with Gasteiger partial charge in [0.05, 0.1) is 18.1 Å². The average molecular weight is 566 g/mol. The molecule has 0 aromatic heterocycles. The van der Waals surface area contributed by atoms with Crippen LogP contribution in [0.1, 0.15) is 19.8 Å². The Morgan fingerprint density at radius 3 is 2.42 bits per heavy atom. The number of halogens is 1. The molecule has 1 aromatic rings. The second-order valence-corrected chi connectivity index (χ2v) is 9.70. The third-order valence-electron chi connectivity index (χ3n) is 5.63. The maximum atomic E-state index is 12.8. The minimum absolute atomic E-state index is 0. The highest BCUT2D eigenvalue weighted by Gasteiger charge is 2.29. The Labute approximate surface area is 203 Å². The summed E-state index contributed by atoms with van der Waals surface area (Å²) in [6.45, 7) is 10.1. The second kappa shape index (κ2) is 13.6. The molecule has 176 valence electrons. The van der Waals surface area contributed by atoms with E-state index in [4.69, 9.17) is 9.73 Å². The maximum absolute atomic E-state index is 12.8. The number of benzene rings is 1. The van der Waals surface area contributed by atoms with Gasteiger partial charge in [-0.2, -0.15) is 4.31 Å². The Balaban J connectivity index is 0.00000341. The zero-order valence-electron chi connectivity index (χ0n) is 18.3. The molecule has 8 nitrogen and oxygen atoms in total. The molecular formula is C21H36IN5O3S. The molecule has 1 aromatic carbocycles. The normalized spacial score (nSPS) is 19.6. The van der Waals surface area contributed by atoms with Gasteiger partial charge in [0.25, 0.3) is 0 Å². The average Bonchev–Trinajstić information content (AvgIpc) is 2.79. The van der Waals surface area contributed by atoms with E-state index in [0.29, 0.717) is 30.4 Å². The summed E-state index contributed by atoms with van der Waals surface area (Å²) in [5, 5.41) is 6.72. The van der Waals surface area contributed by atoms with Crippen LogP contribution in [-0.4, -0.2) is 89.2 Å². The number of nitrogens with one attached hydrogen (secondary N) is 2. The van der Waals surface area contributed by atoms with Crippen molar-refractivity contribution in [2.45, 2.75) is 24.7 Å². The first-order chi connectivity index (χ1) is 14.6. The van der Waals surface area contributed by atoms with Crippen molar-refractivity contribution < 1.29 is 13.2 Å². The van der Waals surface area contributed by atoms with Crippen LogP contribution in [0.4, 0.5) is 0 Å². The van der Waals surface area contributed by atoms with Gasteiger partial charge in [-0.15, -0.1) is 24.0 Å². The number of aliphatic imine (C=N–C) groups is 1. The van der Waals surface area contributed by atoms with Crippen LogP contribution in [0.3, 0.4) is 0 Å². The van der Waals surface area contributed by atoms with E-state index in [2.05, 4.69) is 22.5 Å². The summed E-state index contributed by atoms with van der Waals surface area (Å²) in [5.41, 5.74) is 0. The van der Waals surface area contributed by atoms with Crippen molar-refractivity contribution in [3.63, 3.8) is 0 Å². The van der Waals surface area contributed by atoms with Crippen LogP contribution in [0, 0.1) is 5.92 Å². The molecule has 0 bridgehead atoms. The van der Waals surface area contributed by atoms with E-state index in [9.17, 15) is 8.42 Å². The second-order valence-electron chi connectivity index (χ2n) is 7.76. The number of sulfonamides is 1. The molecule has 0 amide bonds. The minimum atomic E-state index is -3.39. The zero-order valence-corrected chi connectivity index (χ0v) is 21.5. The number of rotatable bonds is 8. The van der Waals surface area contributed by atoms with Crippen molar-refractivity contribution in [2.75, 3.05) is 65.6 Å². The molecule has 0 saturated carbocycles. The van der Waals surface area contributed by atoms with Crippen LogP contribution < -0.4 is 10.6 Å². The van der Waals surface area contributed by atoms with Crippen LogP contribution in [0.2, 0.25) is 0 Å². The van der Waals surface area contributed by atoms with Crippen LogP contribution in [-0.2, 0) is 14.8 Å². The Morgan fingerprint density at radius 1 is 1.10 bits per heavy atom. The smallest absolute Gasteiger partial charge is 0.243 e. The minimum Gasteiger partial charge on any atom is -0.379 e. The molecule has 2 aliphatic heterocycles. The van der Waals surface area contributed by atoms with Crippen molar-refractivity contribution in [3.8, 4) is 0 Å². The van der Waals surface area contributed by atoms with Crippen molar-refractivity contribution in [2.24, 2.45) is 10.9 Å². The summed E-state index contributed by atoms with van der Waals surface area (Å²) in [7, 11) is -3.39. The monoisotopic (exact) mass is 565 g/mol. The number of guanidine groups is 1. The summed E-state index contributed by atoms with van der Waals surface area (Å²) in [5.74, 6) is 1.24. The summed E-state index contributed by atoms with van der Waals surface area (Å²) in [6, 6.07) is 8.69. The Bertz CT molecular complexity index is 764. The molecule has 3 rings (SSSR count). The number of hydrogen-bond acceptors (Lipinski definition) is 5. The predicted molar refractivity (Wildman–Crippen MR) is 135 cm³/mol. The number of nitrogens with zero attached hydrogens (tertiary/aromatic N) is 3. The molecular weight excluding hydrogens is 529 g/mol. The van der Waals surface area contributed by atoms with Crippen molar-refractivity contribution in [1.82, 2.24) is 19.8 Å². The lowest BCUT2D eigenvalue weighted by Gasteiger charge is -2.30. The van der Waals surface area contributed by atoms with E-state index >= 15 is 0 Å². The lowest BCUT2D eigenvalue weighted by Crippen LogP contribution is -2.44. The lowest BCUT2D eigenvalue weighted by atomic mass is 9.98. The third kappa shape index (κ3) is 8.16. The molecule has 2 fully saturated rings. The molecule has 0 spiro atoms. The maximum Gasteiger partial charge on any atom is 0.243 e. The van der Waals surface area contributed by atoms with Gasteiger partial charge in [0.2, 0.25) is 10.0 Å². The highest BCUT2D eigenvalue weighted by molar-refractivity contribution is 14.0. The van der Waals surface area contributed by atoms with Crippen LogP contribution >= 0.6 is 24.0 Å². The van der Waals surface area contributed by atoms with Crippen LogP contribution in [0.25, 0.3) is 0 Å². The topological polar surface area (TPSA) is 86.3 Å². The molecule has 0 unspecified atom stereocenters. The highest BCUT2D eigenvalue weighted by atomic mass is 127. The quantitative estimate of drug-likeness (QED) is 0.283. The molecule has 31 heavy (non-hydrogen) atoms. The molecule has 0 radical (unpaired) electrons. The predicted octanol–water partition coefficient (Wildman–Crippen LogP) is 1.59. The van der Waals surface area contributed by atoms with Crippen molar-refractivity contribution in [3.05, 3.63) is 30.3 Å². The van der Waals surface area contributed by atoms with Crippen LogP contribution in [0.5, 0.6) is 0 Å². The summed E-state index contributed by atoms with van der Waals surface area (Å²) in [4.78, 5) is 7.52. The van der Waals surface area contributed by atoms with E-state index in [1.807, 2.05) is 6.07 Å². The Hall–Kier alpha value is -0.950. The number of ether oxygens (including phenoxy) is 1. The molecule has 2 saturated heterocycles. The van der Waals surface area contributed by atoms with E-state index in [1.54, 1.807) is 28.6 Å². The molecule has 2 heterocycles. The zero-order chi connectivity index (χ0) is 21.2. The fourth-order valence-electron chi connectivity index (χ4n) is 3.79. The fourth-order valence-corrected chi connectivity index (χ4v) is 5.28. The molecule has 2 aliphatic rings. The fraction of sp³-hybridized carbons (Fsp3) is 0.667. The standard InChI is InChI=1S/C21H35N5O3S.HI/c1-2-22-21(23-10-13-25-14-16-29-17-15-25)24-18-19-8-11-26(12-9-19)30(27,28)20-6-4-3-5-7-20;/h3-7,19H,2,8-18H2,1H3,(H2,22,23,24);1H. The van der Waals surface area contributed by atoms with Gasteiger partial charge < -0.3 is 15.4 Å². The van der Waals surface area contributed by atoms with E-state index < -0.39 is 10.0 Å². The number of hydrogen-bond donors (Lipinski definition) is 2. The first-order valence-corrected chi connectivity index (χ1v) is 12.4. The SMILES string of the molecule is CCNC(=NCC1CCN(S(=O)(=O)c2ccccc2)CC1)NCCN1CCOCC1.I. The van der Waals surface area contributed by atoms with E-state index in [-0.39, 0.29) is 24.0 Å². The Morgan fingerprint density at radius 2 is 1.77 bits per heavy atom. The van der Waals surface area contributed by atoms with E-state index in [1.165, 1.54) is 0 Å². The number of piperidine rings is 1. The van der Waals surface area contributed by atoms with Gasteiger partial charge in [-0.25, -0.2) is 8.42 Å². The van der Waals surface area contributed by atoms with Gasteiger partial charge in [-0.3, -0.25) is 9.89 Å². The van der Waals surface area contributed by atoms with Crippen molar-refractivity contribution in [1.29, 1.82) is 0 Å². The molecule has 0 atom stereocenters. The number of morpholine rings is 1. The largest absolute Gasteiger partial charge is 0.379 e.